The van der Waals surface area contributed by atoms with Crippen LogP contribution in [0.3, 0.4) is 0 Å². The molecular weight excluding hydrogens is 158 g/mol. The lowest BCUT2D eigenvalue weighted by Crippen LogP contribution is -2.11. The predicted molar refractivity (Wildman–Crippen MR) is 43.6 cm³/mol. The largest absolute Gasteiger partial charge is 0.458 e. The average molecular weight is 169 g/mol. The molecule has 0 bridgehead atoms. The lowest BCUT2D eigenvalue weighted by atomic mass is 10.4. The molecule has 1 heterocycles. The van der Waals surface area contributed by atoms with Crippen molar-refractivity contribution in [2.45, 2.75) is 20.0 Å². The Kier molecular flexibility index (Phi) is 2.32. The molecule has 5 nitrogen and oxygen atoms in total. The van der Waals surface area contributed by atoms with E-state index < -0.39 is 5.97 Å². The van der Waals surface area contributed by atoms with Gasteiger partial charge in [0.15, 0.2) is 0 Å². The van der Waals surface area contributed by atoms with Gasteiger partial charge in [0, 0.05) is 6.07 Å². The van der Waals surface area contributed by atoms with Crippen molar-refractivity contribution in [1.29, 1.82) is 0 Å². The Hall–Kier alpha value is -1.52. The molecule has 0 atom stereocenters. The van der Waals surface area contributed by atoms with E-state index in [0.29, 0.717) is 0 Å². The minimum atomic E-state index is -0.436. The number of aromatic amines is 1. The van der Waals surface area contributed by atoms with E-state index in [0.717, 1.165) is 0 Å². The van der Waals surface area contributed by atoms with Crippen LogP contribution >= 0.6 is 0 Å². The van der Waals surface area contributed by atoms with E-state index in [4.69, 9.17) is 10.5 Å². The lowest BCUT2D eigenvalue weighted by Gasteiger charge is -2.04. The Morgan fingerprint density at radius 3 is 2.83 bits per heavy atom. The van der Waals surface area contributed by atoms with Crippen LogP contribution in [-0.2, 0) is 4.74 Å². The lowest BCUT2D eigenvalue weighted by molar-refractivity contribution is 0.0371. The molecule has 0 unspecified atom stereocenters. The number of nitrogens with zero attached hydrogens (tertiary/aromatic N) is 1. The van der Waals surface area contributed by atoms with Crippen molar-refractivity contribution in [3.8, 4) is 0 Å². The molecule has 0 radical (unpaired) electrons. The van der Waals surface area contributed by atoms with Gasteiger partial charge in [0.2, 0.25) is 0 Å². The first-order valence-electron chi connectivity index (χ1n) is 3.61. The number of nitrogens with two attached hydrogens (primary N) is 1. The number of anilines is 1. The summed E-state index contributed by atoms with van der Waals surface area (Å²) in [6.45, 7) is 3.55. The molecule has 0 saturated heterocycles. The molecule has 66 valence electrons. The van der Waals surface area contributed by atoms with Gasteiger partial charge in [-0.25, -0.2) is 4.79 Å². The maximum absolute atomic E-state index is 11.1. The van der Waals surface area contributed by atoms with Crippen LogP contribution in [0.25, 0.3) is 0 Å². The van der Waals surface area contributed by atoms with Gasteiger partial charge in [0.05, 0.1) is 6.10 Å². The van der Waals surface area contributed by atoms with Crippen LogP contribution < -0.4 is 5.73 Å². The molecule has 0 aliphatic carbocycles. The van der Waals surface area contributed by atoms with Crippen molar-refractivity contribution >= 4 is 11.8 Å². The number of nitrogens with one attached hydrogen (secondary N) is 1. The highest BCUT2D eigenvalue weighted by Crippen LogP contribution is 2.03. The average Bonchev–Trinajstić information content (AvgIpc) is 2.34. The summed E-state index contributed by atoms with van der Waals surface area (Å²) in [5.41, 5.74) is 5.58. The van der Waals surface area contributed by atoms with Crippen LogP contribution in [0.15, 0.2) is 6.07 Å². The molecule has 0 fully saturated rings. The van der Waals surface area contributed by atoms with Gasteiger partial charge < -0.3 is 10.5 Å². The van der Waals surface area contributed by atoms with Crippen LogP contribution in [0.1, 0.15) is 24.3 Å². The van der Waals surface area contributed by atoms with E-state index in [9.17, 15) is 4.79 Å². The zero-order chi connectivity index (χ0) is 9.14. The highest BCUT2D eigenvalue weighted by Gasteiger charge is 2.11. The molecule has 0 aromatic carbocycles. The molecule has 1 aromatic heterocycles. The molecule has 0 amide bonds. The van der Waals surface area contributed by atoms with Gasteiger partial charge >= 0.3 is 5.97 Å². The molecule has 5 heteroatoms. The minimum absolute atomic E-state index is 0.137. The number of nitrogen functional groups attached to an aromatic ring is 1. The van der Waals surface area contributed by atoms with E-state index in [-0.39, 0.29) is 17.6 Å². The molecule has 0 saturated carbocycles. The van der Waals surface area contributed by atoms with Crippen LogP contribution in [0.5, 0.6) is 0 Å². The number of ether oxygens (including phenoxy) is 1. The fourth-order valence-corrected chi connectivity index (χ4v) is 0.719. The maximum atomic E-state index is 11.1. The molecule has 0 aliphatic rings. The molecular formula is C7H11N3O2. The number of H-pyrrole nitrogens is 1. The summed E-state index contributed by atoms with van der Waals surface area (Å²) in [4.78, 5) is 11.1. The smallest absolute Gasteiger partial charge is 0.356 e. The fourth-order valence-electron chi connectivity index (χ4n) is 0.719. The molecule has 1 aromatic rings. The standard InChI is InChI=1S/C7H11N3O2/c1-4(2)12-7(11)5-3-6(8)10-9-5/h3-4H,1-2H3,(H3,8,9,10). The number of esters is 1. The number of rotatable bonds is 2. The number of carbonyl (C=O) groups excluding carboxylic acids is 1. The van der Waals surface area contributed by atoms with E-state index in [2.05, 4.69) is 10.2 Å². The van der Waals surface area contributed by atoms with Crippen LogP contribution in [0.4, 0.5) is 5.82 Å². The first-order valence-corrected chi connectivity index (χ1v) is 3.61. The second-order valence-corrected chi connectivity index (χ2v) is 2.66. The van der Waals surface area contributed by atoms with Crippen molar-refractivity contribution in [3.05, 3.63) is 11.8 Å². The topological polar surface area (TPSA) is 81.0 Å². The summed E-state index contributed by atoms with van der Waals surface area (Å²) in [5, 5.41) is 6.06. The summed E-state index contributed by atoms with van der Waals surface area (Å²) in [6, 6.07) is 1.44. The highest BCUT2D eigenvalue weighted by molar-refractivity contribution is 5.88. The van der Waals surface area contributed by atoms with Crippen molar-refractivity contribution < 1.29 is 9.53 Å². The summed E-state index contributed by atoms with van der Waals surface area (Å²) < 4.78 is 4.88. The van der Waals surface area contributed by atoms with Gasteiger partial charge in [-0.2, -0.15) is 5.10 Å². The van der Waals surface area contributed by atoms with Crippen molar-refractivity contribution in [2.24, 2.45) is 0 Å². The highest BCUT2D eigenvalue weighted by atomic mass is 16.5. The third kappa shape index (κ3) is 1.98. The monoisotopic (exact) mass is 169 g/mol. The van der Waals surface area contributed by atoms with E-state index >= 15 is 0 Å². The van der Waals surface area contributed by atoms with Crippen molar-refractivity contribution in [1.82, 2.24) is 10.2 Å². The van der Waals surface area contributed by atoms with Crippen LogP contribution in [0, 0.1) is 0 Å². The minimum Gasteiger partial charge on any atom is -0.458 e. The number of carbonyl (C=O) groups is 1. The van der Waals surface area contributed by atoms with Gasteiger partial charge in [0.1, 0.15) is 11.5 Å². The molecule has 0 spiro atoms. The Morgan fingerprint density at radius 2 is 2.42 bits per heavy atom. The van der Waals surface area contributed by atoms with Gasteiger partial charge in [-0.1, -0.05) is 0 Å². The molecule has 3 N–H and O–H groups in total. The Labute approximate surface area is 69.9 Å². The Morgan fingerprint density at radius 1 is 1.75 bits per heavy atom. The number of hydrogen-bond acceptors (Lipinski definition) is 4. The first-order chi connectivity index (χ1) is 5.59. The second-order valence-electron chi connectivity index (χ2n) is 2.66. The maximum Gasteiger partial charge on any atom is 0.356 e. The van der Waals surface area contributed by atoms with Crippen molar-refractivity contribution in [3.63, 3.8) is 0 Å². The zero-order valence-corrected chi connectivity index (χ0v) is 7.00. The van der Waals surface area contributed by atoms with E-state index in [1.54, 1.807) is 13.8 Å². The van der Waals surface area contributed by atoms with Gasteiger partial charge in [-0.05, 0) is 13.8 Å². The van der Waals surface area contributed by atoms with Gasteiger partial charge in [-0.3, -0.25) is 5.10 Å². The Bertz CT molecular complexity index is 280. The first kappa shape index (κ1) is 8.58. The number of aromatic nitrogens is 2. The predicted octanol–water partition coefficient (Wildman–Crippen LogP) is 0.557. The number of hydrogen-bond donors (Lipinski definition) is 2. The van der Waals surface area contributed by atoms with E-state index in [1.807, 2.05) is 0 Å². The molecule has 0 aliphatic heterocycles. The Balaban J connectivity index is 2.65. The third-order valence-electron chi connectivity index (χ3n) is 1.16. The SMILES string of the molecule is CC(C)OC(=O)c1cc(N)n[nH]1. The zero-order valence-electron chi connectivity index (χ0n) is 7.00. The quantitative estimate of drug-likeness (QED) is 0.634. The molecule has 1 rings (SSSR count). The van der Waals surface area contributed by atoms with Crippen molar-refractivity contribution in [2.75, 3.05) is 5.73 Å². The van der Waals surface area contributed by atoms with Crippen LogP contribution in [-0.4, -0.2) is 22.3 Å². The normalized spacial score (nSPS) is 10.2. The van der Waals surface area contributed by atoms with Crippen LogP contribution in [0.2, 0.25) is 0 Å². The summed E-state index contributed by atoms with van der Waals surface area (Å²) in [6.07, 6.45) is -0.137. The van der Waals surface area contributed by atoms with Gasteiger partial charge in [-0.15, -0.1) is 0 Å². The fraction of sp³-hybridized carbons (Fsp3) is 0.429. The molecule has 12 heavy (non-hydrogen) atoms. The second kappa shape index (κ2) is 3.25. The van der Waals surface area contributed by atoms with Gasteiger partial charge in [0.25, 0.3) is 0 Å². The summed E-state index contributed by atoms with van der Waals surface area (Å²) in [7, 11) is 0. The van der Waals surface area contributed by atoms with E-state index in [1.165, 1.54) is 6.07 Å². The summed E-state index contributed by atoms with van der Waals surface area (Å²) >= 11 is 0. The third-order valence-corrected chi connectivity index (χ3v) is 1.16. The summed E-state index contributed by atoms with van der Waals surface area (Å²) in [5.74, 6) is -0.153.